The molecule has 0 atom stereocenters. The minimum Gasteiger partial charge on any atom is -0.274 e. The third-order valence-corrected chi connectivity index (χ3v) is 4.26. The lowest BCUT2D eigenvalue weighted by Crippen LogP contribution is -1.97. The van der Waals surface area contributed by atoms with E-state index in [9.17, 15) is 0 Å². The van der Waals surface area contributed by atoms with Crippen LogP contribution in [0.25, 0.3) is 38.7 Å². The topological polar surface area (TPSA) is 30.2 Å². The molecule has 5 rings (SSSR count). The standard InChI is InChI=1S/C22H17N3/c1-14-8-7-9-15(2)20(14)22-24-23-21-18-12-4-3-10-16(18)17-11-5-6-13-19(17)25(21)22/h3-13H,1-2H3/i3D,4D,5D,6D,7D,8D,9D,10D,11D,13D. The maximum absolute atomic E-state index is 8.66. The van der Waals surface area contributed by atoms with E-state index >= 15 is 0 Å². The van der Waals surface area contributed by atoms with Crippen molar-refractivity contribution in [1.82, 2.24) is 14.6 Å². The summed E-state index contributed by atoms with van der Waals surface area (Å²) in [5.41, 5.74) is 1.15. The molecule has 2 aromatic heterocycles. The fourth-order valence-corrected chi connectivity index (χ4v) is 3.17. The molecule has 5 aromatic rings. The summed E-state index contributed by atoms with van der Waals surface area (Å²) in [6, 6.07) is -2.06. The second-order valence-electron chi connectivity index (χ2n) is 5.73. The fraction of sp³-hybridized carbons (Fsp3) is 0.0909. The first-order valence-electron chi connectivity index (χ1n) is 12.6. The summed E-state index contributed by atoms with van der Waals surface area (Å²) in [6.07, 6.45) is 0. The minimum absolute atomic E-state index is 0.0114. The number of fused-ring (bicyclic) bond motifs is 6. The second kappa shape index (κ2) is 5.15. The number of hydrogen-bond donors (Lipinski definition) is 0. The fourth-order valence-electron chi connectivity index (χ4n) is 3.17. The predicted molar refractivity (Wildman–Crippen MR) is 103 cm³/mol. The van der Waals surface area contributed by atoms with Crippen LogP contribution in [0.3, 0.4) is 0 Å². The summed E-state index contributed by atoms with van der Waals surface area (Å²) in [5, 5.41) is 8.78. The molecule has 0 fully saturated rings. The second-order valence-corrected chi connectivity index (χ2v) is 5.73. The van der Waals surface area contributed by atoms with Crippen LogP contribution < -0.4 is 0 Å². The Hall–Kier alpha value is -3.20. The highest BCUT2D eigenvalue weighted by molar-refractivity contribution is 6.12. The van der Waals surface area contributed by atoms with Crippen LogP contribution in [0, 0.1) is 13.8 Å². The summed E-state index contributed by atoms with van der Waals surface area (Å²) in [4.78, 5) is 0. The summed E-state index contributed by atoms with van der Waals surface area (Å²) in [7, 11) is 0. The third kappa shape index (κ3) is 1.92. The van der Waals surface area contributed by atoms with Crippen LogP contribution in [-0.2, 0) is 0 Å². The monoisotopic (exact) mass is 333 g/mol. The molecular formula is C22H17N3. The lowest BCUT2D eigenvalue weighted by atomic mass is 10.0. The van der Waals surface area contributed by atoms with Crippen molar-refractivity contribution in [3.8, 4) is 11.4 Å². The molecule has 0 saturated carbocycles. The molecule has 0 amide bonds. The van der Waals surface area contributed by atoms with Gasteiger partial charge in [0.15, 0.2) is 11.5 Å². The zero-order valence-electron chi connectivity index (χ0n) is 23.4. The molecule has 120 valence electrons. The minimum atomic E-state index is -0.508. The van der Waals surface area contributed by atoms with E-state index in [1.807, 2.05) is 0 Å². The van der Waals surface area contributed by atoms with Crippen molar-refractivity contribution in [2.45, 2.75) is 13.8 Å². The molecule has 0 spiro atoms. The van der Waals surface area contributed by atoms with Gasteiger partial charge in [-0.2, -0.15) is 0 Å². The van der Waals surface area contributed by atoms with Crippen molar-refractivity contribution in [2.75, 3.05) is 0 Å². The molecule has 2 heterocycles. The van der Waals surface area contributed by atoms with E-state index in [-0.39, 0.29) is 69.4 Å². The average molecular weight is 333 g/mol. The van der Waals surface area contributed by atoms with Crippen molar-refractivity contribution < 1.29 is 13.7 Å². The molecule has 0 aliphatic heterocycles. The van der Waals surface area contributed by atoms with Crippen LogP contribution in [0.15, 0.2) is 66.5 Å². The van der Waals surface area contributed by atoms with Crippen molar-refractivity contribution in [3.05, 3.63) is 77.6 Å². The maximum atomic E-state index is 8.66. The molecule has 0 bridgehead atoms. The molecule has 0 saturated heterocycles. The number of aromatic nitrogens is 3. The SMILES string of the molecule is [2H]c1cc2c(c([2H])c1[2H])c1c([2H])c([2H])c([2H])c([2H])c1n1c(-c3c(C)c([2H])c([2H])c([2H])c3C)nnc21. The van der Waals surface area contributed by atoms with Crippen molar-refractivity contribution in [2.24, 2.45) is 0 Å². The highest BCUT2D eigenvalue weighted by atomic mass is 15.2. The molecule has 25 heavy (non-hydrogen) atoms. The largest absolute Gasteiger partial charge is 0.274 e. The Morgan fingerprint density at radius 1 is 0.760 bits per heavy atom. The van der Waals surface area contributed by atoms with Crippen LogP contribution in [0.1, 0.15) is 24.8 Å². The van der Waals surface area contributed by atoms with Crippen LogP contribution in [0.4, 0.5) is 0 Å². The van der Waals surface area contributed by atoms with E-state index in [0.29, 0.717) is 16.7 Å². The summed E-state index contributed by atoms with van der Waals surface area (Å²) in [6.45, 7) is 3.22. The lowest BCUT2D eigenvalue weighted by molar-refractivity contribution is 1.11. The van der Waals surface area contributed by atoms with Gasteiger partial charge in [-0.25, -0.2) is 0 Å². The molecule has 3 aromatic carbocycles. The van der Waals surface area contributed by atoms with Crippen LogP contribution in [0.5, 0.6) is 0 Å². The van der Waals surface area contributed by atoms with E-state index in [2.05, 4.69) is 10.2 Å². The summed E-state index contributed by atoms with van der Waals surface area (Å²) >= 11 is 0. The smallest absolute Gasteiger partial charge is 0.169 e. The Kier molecular flexibility index (Phi) is 1.52. The normalized spacial score (nSPS) is 17.2. The number of rotatable bonds is 1. The lowest BCUT2D eigenvalue weighted by Gasteiger charge is -2.12. The van der Waals surface area contributed by atoms with Gasteiger partial charge in [-0.3, -0.25) is 4.40 Å². The van der Waals surface area contributed by atoms with E-state index in [1.165, 1.54) is 10.5 Å². The van der Waals surface area contributed by atoms with Gasteiger partial charge in [0.05, 0.1) is 19.2 Å². The average Bonchev–Trinajstić information content (AvgIpc) is 3.26. The molecule has 0 radical (unpaired) electrons. The van der Waals surface area contributed by atoms with E-state index < -0.39 is 24.2 Å². The number of nitrogens with zero attached hydrogens (tertiary/aromatic N) is 3. The van der Waals surface area contributed by atoms with E-state index in [1.54, 1.807) is 13.8 Å². The molecule has 0 aliphatic rings. The van der Waals surface area contributed by atoms with Gasteiger partial charge in [-0.1, -0.05) is 60.4 Å². The Morgan fingerprint density at radius 3 is 2.32 bits per heavy atom. The van der Waals surface area contributed by atoms with Gasteiger partial charge in [-0.15, -0.1) is 10.2 Å². The summed E-state index contributed by atoms with van der Waals surface area (Å²) in [5.74, 6) is 0.113. The first-order valence-corrected chi connectivity index (χ1v) is 7.65. The van der Waals surface area contributed by atoms with E-state index in [4.69, 9.17) is 13.7 Å². The summed E-state index contributed by atoms with van der Waals surface area (Å²) < 4.78 is 84.5. The Labute approximate surface area is 159 Å². The molecule has 0 N–H and O–H groups in total. The quantitative estimate of drug-likeness (QED) is 0.389. The first kappa shape index (κ1) is 7.36. The van der Waals surface area contributed by atoms with Crippen molar-refractivity contribution in [1.29, 1.82) is 0 Å². The predicted octanol–water partition coefficient (Wildman–Crippen LogP) is 5.32. The maximum Gasteiger partial charge on any atom is 0.169 e. The van der Waals surface area contributed by atoms with Gasteiger partial charge < -0.3 is 0 Å². The molecular weight excluding hydrogens is 306 g/mol. The van der Waals surface area contributed by atoms with Crippen molar-refractivity contribution in [3.63, 3.8) is 0 Å². The van der Waals surface area contributed by atoms with Gasteiger partial charge >= 0.3 is 0 Å². The number of para-hydroxylation sites is 1. The molecule has 0 unspecified atom stereocenters. The number of hydrogen-bond acceptors (Lipinski definition) is 2. The van der Waals surface area contributed by atoms with Gasteiger partial charge in [0.2, 0.25) is 0 Å². The van der Waals surface area contributed by atoms with Crippen molar-refractivity contribution >= 4 is 27.3 Å². The first-order chi connectivity index (χ1) is 16.4. The van der Waals surface area contributed by atoms with E-state index in [0.717, 1.165) is 0 Å². The van der Waals surface area contributed by atoms with Crippen LogP contribution in [0.2, 0.25) is 0 Å². The highest BCUT2D eigenvalue weighted by Crippen LogP contribution is 2.33. The van der Waals surface area contributed by atoms with Gasteiger partial charge in [0.1, 0.15) is 0 Å². The molecule has 0 aliphatic carbocycles. The Bertz CT molecular complexity index is 1750. The number of pyridine rings is 1. The zero-order valence-corrected chi connectivity index (χ0v) is 13.4. The molecule has 3 heteroatoms. The Balaban J connectivity index is 2.17. The van der Waals surface area contributed by atoms with Crippen LogP contribution in [-0.4, -0.2) is 14.6 Å². The molecule has 3 nitrogen and oxygen atoms in total. The zero-order chi connectivity index (χ0) is 25.7. The van der Waals surface area contributed by atoms with Gasteiger partial charge in [0.25, 0.3) is 0 Å². The third-order valence-electron chi connectivity index (χ3n) is 4.26. The van der Waals surface area contributed by atoms with Gasteiger partial charge in [0, 0.05) is 16.3 Å². The Morgan fingerprint density at radius 2 is 1.48 bits per heavy atom. The van der Waals surface area contributed by atoms with Gasteiger partial charge in [-0.05, 0) is 36.4 Å². The number of benzene rings is 3. The highest BCUT2D eigenvalue weighted by Gasteiger charge is 2.17. The van der Waals surface area contributed by atoms with Crippen LogP contribution >= 0.6 is 0 Å².